The molecule has 0 saturated heterocycles. The minimum atomic E-state index is 0.112. The molecular weight excluding hydrogens is 422 g/mol. The molecule has 33 heavy (non-hydrogen) atoms. The van der Waals surface area contributed by atoms with Crippen molar-refractivity contribution in [2.75, 3.05) is 5.01 Å². The van der Waals surface area contributed by atoms with Crippen LogP contribution >= 0.6 is 11.3 Å². The Labute approximate surface area is 197 Å². The number of thiazole rings is 1. The molecule has 0 radical (unpaired) electrons. The van der Waals surface area contributed by atoms with Crippen LogP contribution in [0.5, 0.6) is 0 Å². The van der Waals surface area contributed by atoms with Crippen molar-refractivity contribution in [2.45, 2.75) is 19.4 Å². The number of hydrogen-bond donors (Lipinski definition) is 0. The number of anilines is 1. The molecule has 0 fully saturated rings. The van der Waals surface area contributed by atoms with Gasteiger partial charge in [0.1, 0.15) is 0 Å². The summed E-state index contributed by atoms with van der Waals surface area (Å²) in [6.45, 7) is 2.12. The monoisotopic (exact) mass is 445 g/mol. The maximum absolute atomic E-state index is 5.10. The summed E-state index contributed by atoms with van der Waals surface area (Å²) in [5.41, 5.74) is 6.91. The molecule has 0 amide bonds. The van der Waals surface area contributed by atoms with Crippen molar-refractivity contribution < 1.29 is 0 Å². The highest BCUT2D eigenvalue weighted by molar-refractivity contribution is 7.14. The van der Waals surface area contributed by atoms with Gasteiger partial charge >= 0.3 is 0 Å². The van der Waals surface area contributed by atoms with Gasteiger partial charge in [0.2, 0.25) is 5.13 Å². The molecular formula is C29H23N3S. The molecule has 0 bridgehead atoms. The lowest BCUT2D eigenvalue weighted by molar-refractivity contribution is 0.707. The predicted molar refractivity (Wildman–Crippen MR) is 139 cm³/mol. The molecule has 2 heterocycles. The van der Waals surface area contributed by atoms with Crippen LogP contribution in [0.1, 0.15) is 29.2 Å². The molecule has 1 atom stereocenters. The summed E-state index contributed by atoms with van der Waals surface area (Å²) in [6, 6.07) is 34.4. The molecule has 0 saturated carbocycles. The van der Waals surface area contributed by atoms with E-state index >= 15 is 0 Å². The topological polar surface area (TPSA) is 28.5 Å². The van der Waals surface area contributed by atoms with E-state index in [1.54, 1.807) is 11.3 Å². The van der Waals surface area contributed by atoms with E-state index in [0.29, 0.717) is 0 Å². The zero-order chi connectivity index (χ0) is 22.2. The highest BCUT2D eigenvalue weighted by Gasteiger charge is 2.32. The average Bonchev–Trinajstić information content (AvgIpc) is 3.53. The summed E-state index contributed by atoms with van der Waals surface area (Å²) in [5.74, 6) is 0. The summed E-state index contributed by atoms with van der Waals surface area (Å²) in [6.07, 6.45) is 0.849. The first-order valence-corrected chi connectivity index (χ1v) is 12.1. The first-order chi connectivity index (χ1) is 16.2. The van der Waals surface area contributed by atoms with E-state index in [4.69, 9.17) is 10.1 Å². The van der Waals surface area contributed by atoms with E-state index in [2.05, 4.69) is 108 Å². The largest absolute Gasteiger partial charge is 0.231 e. The molecule has 1 unspecified atom stereocenters. The van der Waals surface area contributed by atoms with Crippen LogP contribution in [0.25, 0.3) is 22.0 Å². The van der Waals surface area contributed by atoms with Crippen LogP contribution in [0.2, 0.25) is 0 Å². The van der Waals surface area contributed by atoms with Gasteiger partial charge in [0.05, 0.1) is 17.4 Å². The lowest BCUT2D eigenvalue weighted by Gasteiger charge is -2.21. The van der Waals surface area contributed by atoms with Gasteiger partial charge in [0.25, 0.3) is 0 Å². The number of aromatic nitrogens is 1. The van der Waals surface area contributed by atoms with E-state index < -0.39 is 0 Å². The molecule has 0 aliphatic carbocycles. The fraction of sp³-hybridized carbons (Fsp3) is 0.103. The number of nitrogens with zero attached hydrogens (tertiary/aromatic N) is 3. The second kappa shape index (κ2) is 8.30. The molecule has 1 aliphatic heterocycles. The lowest BCUT2D eigenvalue weighted by atomic mass is 9.96. The molecule has 1 aromatic heterocycles. The van der Waals surface area contributed by atoms with Crippen LogP contribution in [0.4, 0.5) is 5.13 Å². The van der Waals surface area contributed by atoms with Crippen molar-refractivity contribution in [1.29, 1.82) is 0 Å². The van der Waals surface area contributed by atoms with Gasteiger partial charge < -0.3 is 0 Å². The smallest absolute Gasteiger partial charge is 0.207 e. The highest BCUT2D eigenvalue weighted by Crippen LogP contribution is 2.40. The fourth-order valence-corrected chi connectivity index (χ4v) is 5.23. The van der Waals surface area contributed by atoms with Crippen LogP contribution in [-0.4, -0.2) is 10.7 Å². The number of rotatable bonds is 4. The second-order valence-corrected chi connectivity index (χ2v) is 9.30. The highest BCUT2D eigenvalue weighted by atomic mass is 32.1. The summed E-state index contributed by atoms with van der Waals surface area (Å²) in [7, 11) is 0. The van der Waals surface area contributed by atoms with Gasteiger partial charge in [0, 0.05) is 17.4 Å². The van der Waals surface area contributed by atoms with Gasteiger partial charge in [-0.3, -0.25) is 0 Å². The Morgan fingerprint density at radius 1 is 0.788 bits per heavy atom. The van der Waals surface area contributed by atoms with E-state index in [9.17, 15) is 0 Å². The van der Waals surface area contributed by atoms with Crippen molar-refractivity contribution in [1.82, 2.24) is 4.98 Å². The van der Waals surface area contributed by atoms with Crippen LogP contribution in [0.15, 0.2) is 108 Å². The Morgan fingerprint density at radius 3 is 2.36 bits per heavy atom. The second-order valence-electron chi connectivity index (χ2n) is 8.47. The third kappa shape index (κ3) is 3.83. The van der Waals surface area contributed by atoms with Crippen molar-refractivity contribution in [2.24, 2.45) is 5.10 Å². The van der Waals surface area contributed by atoms with Crippen LogP contribution < -0.4 is 5.01 Å². The summed E-state index contributed by atoms with van der Waals surface area (Å²) in [4.78, 5) is 4.98. The van der Waals surface area contributed by atoms with Gasteiger partial charge in [-0.2, -0.15) is 5.10 Å². The lowest BCUT2D eigenvalue weighted by Crippen LogP contribution is -2.18. The van der Waals surface area contributed by atoms with Crippen molar-refractivity contribution in [3.63, 3.8) is 0 Å². The molecule has 1 aliphatic rings. The maximum atomic E-state index is 5.10. The quantitative estimate of drug-likeness (QED) is 0.284. The normalized spacial score (nSPS) is 15.7. The Kier molecular flexibility index (Phi) is 5.00. The summed E-state index contributed by atoms with van der Waals surface area (Å²) >= 11 is 1.65. The molecule has 3 nitrogen and oxygen atoms in total. The molecule has 160 valence electrons. The minimum Gasteiger partial charge on any atom is -0.231 e. The molecule has 4 heteroatoms. The Bertz CT molecular complexity index is 1450. The van der Waals surface area contributed by atoms with Crippen LogP contribution in [0.3, 0.4) is 0 Å². The number of hydrazone groups is 1. The van der Waals surface area contributed by atoms with Crippen LogP contribution in [-0.2, 0) is 0 Å². The van der Waals surface area contributed by atoms with Crippen LogP contribution in [0, 0.1) is 6.92 Å². The zero-order valence-corrected chi connectivity index (χ0v) is 19.2. The van der Waals surface area contributed by atoms with E-state index in [1.807, 2.05) is 6.07 Å². The van der Waals surface area contributed by atoms with E-state index in [0.717, 1.165) is 28.5 Å². The standard InChI is InChI=1S/C29H23N3S/c1-20-11-13-23(14-12-20)26-18-28(25-16-15-21-7-5-6-10-24(21)17-25)32(31-26)29-30-27(19-33-29)22-8-3-2-4-9-22/h2-17,19,28H,18H2,1H3. The van der Waals surface area contributed by atoms with E-state index in [-0.39, 0.29) is 6.04 Å². The summed E-state index contributed by atoms with van der Waals surface area (Å²) < 4.78 is 0. The SMILES string of the molecule is Cc1ccc(C2=NN(c3nc(-c4ccccc4)cs3)C(c3ccc4ccccc4c3)C2)cc1. The Balaban J connectivity index is 1.42. The summed E-state index contributed by atoms with van der Waals surface area (Å²) in [5, 5.41) is 12.8. The van der Waals surface area contributed by atoms with Gasteiger partial charge in [-0.1, -0.05) is 96.6 Å². The van der Waals surface area contributed by atoms with Gasteiger partial charge in [-0.15, -0.1) is 11.3 Å². The van der Waals surface area contributed by atoms with Crippen molar-refractivity contribution >= 4 is 33.0 Å². The molecule has 6 rings (SSSR count). The number of fused-ring (bicyclic) bond motifs is 1. The Hall–Kier alpha value is -3.76. The predicted octanol–water partition coefficient (Wildman–Crippen LogP) is 7.63. The molecule has 0 N–H and O–H groups in total. The van der Waals surface area contributed by atoms with Gasteiger partial charge in [-0.05, 0) is 34.9 Å². The average molecular weight is 446 g/mol. The molecule has 5 aromatic rings. The number of aryl methyl sites for hydroxylation is 1. The Morgan fingerprint density at radius 2 is 1.55 bits per heavy atom. The first kappa shape index (κ1) is 19.9. The first-order valence-electron chi connectivity index (χ1n) is 11.2. The fourth-order valence-electron chi connectivity index (χ4n) is 4.39. The third-order valence-electron chi connectivity index (χ3n) is 6.21. The number of hydrogen-bond acceptors (Lipinski definition) is 4. The number of benzene rings is 4. The van der Waals surface area contributed by atoms with E-state index in [1.165, 1.54) is 27.5 Å². The maximum Gasteiger partial charge on any atom is 0.207 e. The van der Waals surface area contributed by atoms with Gasteiger partial charge in [-0.25, -0.2) is 9.99 Å². The van der Waals surface area contributed by atoms with Crippen molar-refractivity contribution in [3.8, 4) is 11.3 Å². The van der Waals surface area contributed by atoms with Crippen molar-refractivity contribution in [3.05, 3.63) is 119 Å². The molecule has 0 spiro atoms. The van der Waals surface area contributed by atoms with Gasteiger partial charge in [0.15, 0.2) is 0 Å². The molecule has 4 aromatic carbocycles. The minimum absolute atomic E-state index is 0.112. The zero-order valence-electron chi connectivity index (χ0n) is 18.3. The third-order valence-corrected chi connectivity index (χ3v) is 7.04.